The molecule has 6 heteroatoms. The van der Waals surface area contributed by atoms with Crippen molar-refractivity contribution in [2.24, 2.45) is 5.73 Å². The number of halogens is 2. The van der Waals surface area contributed by atoms with Gasteiger partial charge in [-0.15, -0.1) is 0 Å². The molecule has 0 aliphatic heterocycles. The predicted molar refractivity (Wildman–Crippen MR) is 68.8 cm³/mol. The average molecular weight is 272 g/mol. The van der Waals surface area contributed by atoms with Crippen LogP contribution in [0.5, 0.6) is 0 Å². The van der Waals surface area contributed by atoms with Crippen LogP contribution in [-0.2, 0) is 9.53 Å². The van der Waals surface area contributed by atoms with Crippen molar-refractivity contribution in [3.05, 3.63) is 29.3 Å². The Hall–Kier alpha value is -1.53. The molecule has 1 rings (SSSR count). The smallest absolute Gasteiger partial charge is 0.241 e. The van der Waals surface area contributed by atoms with E-state index in [1.54, 1.807) is 7.11 Å². The molecule has 0 radical (unpaired) electrons. The van der Waals surface area contributed by atoms with Gasteiger partial charge in [-0.3, -0.25) is 4.79 Å². The normalized spacial score (nSPS) is 12.3. The fraction of sp³-hybridized carbons (Fsp3) is 0.462. The van der Waals surface area contributed by atoms with Crippen molar-refractivity contribution in [2.75, 3.05) is 19.0 Å². The minimum atomic E-state index is -0.779. The maximum Gasteiger partial charge on any atom is 0.241 e. The van der Waals surface area contributed by atoms with Crippen LogP contribution in [0.25, 0.3) is 0 Å². The standard InChI is InChI=1S/C13H18F2N2O2/c1-8-6-10(15)12(7-9(8)14)17-13(18)11(16)4-3-5-19-2/h6-7,11H,3-5,16H2,1-2H3,(H,17,18). The first-order chi connectivity index (χ1) is 8.95. The van der Waals surface area contributed by atoms with E-state index in [-0.39, 0.29) is 11.3 Å². The van der Waals surface area contributed by atoms with Gasteiger partial charge in [-0.05, 0) is 31.4 Å². The van der Waals surface area contributed by atoms with E-state index in [4.69, 9.17) is 10.5 Å². The van der Waals surface area contributed by atoms with Crippen LogP contribution in [0, 0.1) is 18.6 Å². The van der Waals surface area contributed by atoms with Gasteiger partial charge in [0.25, 0.3) is 0 Å². The SMILES string of the molecule is COCCCC(N)C(=O)Nc1cc(F)c(C)cc1F. The lowest BCUT2D eigenvalue weighted by Gasteiger charge is -2.13. The van der Waals surface area contributed by atoms with Gasteiger partial charge in [-0.25, -0.2) is 8.78 Å². The molecule has 1 aromatic rings. The Labute approximate surface area is 110 Å². The Morgan fingerprint density at radius 1 is 1.42 bits per heavy atom. The monoisotopic (exact) mass is 272 g/mol. The molecule has 0 aliphatic carbocycles. The first-order valence-corrected chi connectivity index (χ1v) is 5.96. The van der Waals surface area contributed by atoms with E-state index < -0.39 is 23.6 Å². The summed E-state index contributed by atoms with van der Waals surface area (Å²) < 4.78 is 31.7. The second-order valence-electron chi connectivity index (χ2n) is 4.31. The van der Waals surface area contributed by atoms with Gasteiger partial charge in [0.05, 0.1) is 11.7 Å². The molecule has 0 aliphatic rings. The quantitative estimate of drug-likeness (QED) is 0.778. The van der Waals surface area contributed by atoms with Gasteiger partial charge in [0.15, 0.2) is 0 Å². The second-order valence-corrected chi connectivity index (χ2v) is 4.31. The number of amides is 1. The third kappa shape index (κ3) is 4.57. The number of aryl methyl sites for hydroxylation is 1. The Kier molecular flexibility index (Phi) is 5.85. The average Bonchev–Trinajstić information content (AvgIpc) is 2.36. The van der Waals surface area contributed by atoms with Crippen molar-refractivity contribution >= 4 is 11.6 Å². The van der Waals surface area contributed by atoms with Crippen LogP contribution < -0.4 is 11.1 Å². The second kappa shape index (κ2) is 7.16. The molecule has 4 nitrogen and oxygen atoms in total. The Morgan fingerprint density at radius 3 is 2.74 bits per heavy atom. The molecule has 106 valence electrons. The van der Waals surface area contributed by atoms with Gasteiger partial charge in [0, 0.05) is 19.8 Å². The predicted octanol–water partition coefficient (Wildman–Crippen LogP) is 1.97. The van der Waals surface area contributed by atoms with Crippen molar-refractivity contribution in [1.82, 2.24) is 0 Å². The summed E-state index contributed by atoms with van der Waals surface area (Å²) in [5, 5.41) is 2.29. The van der Waals surface area contributed by atoms with E-state index in [1.807, 2.05) is 0 Å². The zero-order chi connectivity index (χ0) is 14.4. The number of nitrogens with two attached hydrogens (primary N) is 1. The third-order valence-corrected chi connectivity index (χ3v) is 2.71. The number of carbonyl (C=O) groups excluding carboxylic acids is 1. The number of methoxy groups -OCH3 is 1. The molecule has 1 amide bonds. The van der Waals surface area contributed by atoms with Crippen LogP contribution in [0.1, 0.15) is 18.4 Å². The van der Waals surface area contributed by atoms with E-state index in [2.05, 4.69) is 5.32 Å². The van der Waals surface area contributed by atoms with Gasteiger partial charge < -0.3 is 15.8 Å². The van der Waals surface area contributed by atoms with Gasteiger partial charge >= 0.3 is 0 Å². The number of rotatable bonds is 6. The van der Waals surface area contributed by atoms with Crippen LogP contribution in [-0.4, -0.2) is 25.7 Å². The Balaban J connectivity index is 2.64. The van der Waals surface area contributed by atoms with Crippen LogP contribution in [0.15, 0.2) is 12.1 Å². The summed E-state index contributed by atoms with van der Waals surface area (Å²) in [5.74, 6) is -1.81. The molecular weight excluding hydrogens is 254 g/mol. The summed E-state index contributed by atoms with van der Waals surface area (Å²) in [7, 11) is 1.55. The number of hydrogen-bond acceptors (Lipinski definition) is 3. The van der Waals surface area contributed by atoms with E-state index >= 15 is 0 Å². The van der Waals surface area contributed by atoms with Crippen LogP contribution >= 0.6 is 0 Å². The Bertz CT molecular complexity index is 453. The lowest BCUT2D eigenvalue weighted by molar-refractivity contribution is -0.117. The van der Waals surface area contributed by atoms with Crippen LogP contribution in [0.4, 0.5) is 14.5 Å². The van der Waals surface area contributed by atoms with Crippen molar-refractivity contribution in [3.63, 3.8) is 0 Å². The number of carbonyl (C=O) groups is 1. The van der Waals surface area contributed by atoms with Gasteiger partial charge in [0.1, 0.15) is 11.6 Å². The summed E-state index contributed by atoms with van der Waals surface area (Å²) in [5.41, 5.74) is 5.62. The van der Waals surface area contributed by atoms with Gasteiger partial charge in [0.2, 0.25) is 5.91 Å². The number of ether oxygens (including phenoxy) is 1. The van der Waals surface area contributed by atoms with Crippen LogP contribution in [0.3, 0.4) is 0 Å². The van der Waals surface area contributed by atoms with Gasteiger partial charge in [-0.2, -0.15) is 0 Å². The summed E-state index contributed by atoms with van der Waals surface area (Å²) in [6.45, 7) is 1.94. The zero-order valence-electron chi connectivity index (χ0n) is 11.0. The summed E-state index contributed by atoms with van der Waals surface area (Å²) in [4.78, 5) is 11.7. The molecule has 19 heavy (non-hydrogen) atoms. The minimum Gasteiger partial charge on any atom is -0.385 e. The van der Waals surface area contributed by atoms with Crippen molar-refractivity contribution in [2.45, 2.75) is 25.8 Å². The zero-order valence-corrected chi connectivity index (χ0v) is 11.0. The fourth-order valence-corrected chi connectivity index (χ4v) is 1.55. The minimum absolute atomic E-state index is 0.180. The molecule has 3 N–H and O–H groups in total. The number of nitrogens with one attached hydrogen (secondary N) is 1. The molecule has 1 unspecified atom stereocenters. The highest BCUT2D eigenvalue weighted by Gasteiger charge is 2.16. The maximum atomic E-state index is 13.5. The van der Waals surface area contributed by atoms with Crippen molar-refractivity contribution in [1.29, 1.82) is 0 Å². The Morgan fingerprint density at radius 2 is 2.11 bits per heavy atom. The highest BCUT2D eigenvalue weighted by molar-refractivity contribution is 5.94. The fourth-order valence-electron chi connectivity index (χ4n) is 1.55. The van der Waals surface area contributed by atoms with Gasteiger partial charge in [-0.1, -0.05) is 0 Å². The highest BCUT2D eigenvalue weighted by atomic mass is 19.1. The summed E-state index contributed by atoms with van der Waals surface area (Å²) in [6, 6.07) is 1.20. The lowest BCUT2D eigenvalue weighted by atomic mass is 10.1. The first kappa shape index (κ1) is 15.5. The van der Waals surface area contributed by atoms with Crippen molar-refractivity contribution in [3.8, 4) is 0 Å². The highest BCUT2D eigenvalue weighted by Crippen LogP contribution is 2.19. The summed E-state index contributed by atoms with van der Waals surface area (Å²) >= 11 is 0. The number of hydrogen-bond donors (Lipinski definition) is 2. The molecule has 0 saturated heterocycles. The third-order valence-electron chi connectivity index (χ3n) is 2.71. The van der Waals surface area contributed by atoms with E-state index in [0.717, 1.165) is 12.1 Å². The molecule has 0 heterocycles. The first-order valence-electron chi connectivity index (χ1n) is 5.96. The molecule has 0 fully saturated rings. The lowest BCUT2D eigenvalue weighted by Crippen LogP contribution is -2.36. The maximum absolute atomic E-state index is 13.5. The number of anilines is 1. The largest absolute Gasteiger partial charge is 0.385 e. The molecule has 0 aromatic heterocycles. The molecule has 0 bridgehead atoms. The molecular formula is C13H18F2N2O2. The van der Waals surface area contributed by atoms with Crippen LogP contribution in [0.2, 0.25) is 0 Å². The number of benzene rings is 1. The molecule has 1 aromatic carbocycles. The van der Waals surface area contributed by atoms with E-state index in [0.29, 0.717) is 19.4 Å². The van der Waals surface area contributed by atoms with E-state index in [9.17, 15) is 13.6 Å². The molecule has 0 spiro atoms. The molecule has 0 saturated carbocycles. The van der Waals surface area contributed by atoms with E-state index in [1.165, 1.54) is 6.92 Å². The topological polar surface area (TPSA) is 64.3 Å². The summed E-state index contributed by atoms with van der Waals surface area (Å²) in [6.07, 6.45) is 1.03. The van der Waals surface area contributed by atoms with Crippen molar-refractivity contribution < 1.29 is 18.3 Å². The molecule has 1 atom stereocenters.